The van der Waals surface area contributed by atoms with E-state index in [0.717, 1.165) is 6.08 Å². The highest BCUT2D eigenvalue weighted by atomic mass is 32.1. The maximum atomic E-state index is 12.3. The number of alkyl halides is 3. The molecule has 0 heterocycles. The van der Waals surface area contributed by atoms with Gasteiger partial charge in [-0.25, -0.2) is 0 Å². The predicted molar refractivity (Wildman–Crippen MR) is 52.9 cm³/mol. The Hall–Kier alpha value is -1.24. The van der Waals surface area contributed by atoms with Gasteiger partial charge in [-0.15, -0.1) is 0 Å². The highest BCUT2D eigenvalue weighted by molar-refractivity contribution is 7.80. The molecule has 0 bridgehead atoms. The monoisotopic (exact) mass is 238 g/mol. The molecule has 0 fully saturated rings. The minimum absolute atomic E-state index is 0.0731. The molecule has 84 valence electrons. The van der Waals surface area contributed by atoms with Crippen LogP contribution in [0.5, 0.6) is 0 Å². The van der Waals surface area contributed by atoms with Crippen molar-refractivity contribution < 1.29 is 18.3 Å². The Morgan fingerprint density at radius 1 is 1.47 bits per heavy atom. The standard InChI is InChI=1S/C8H9F3N2OS/c9-8(10,11)4-1-2-6(14)5(3-4)13-7(12)15/h3,14H,1-2H2,(H3,12,13,15). The van der Waals surface area contributed by atoms with E-state index < -0.39 is 11.7 Å². The van der Waals surface area contributed by atoms with Crippen molar-refractivity contribution in [2.45, 2.75) is 19.0 Å². The lowest BCUT2D eigenvalue weighted by Crippen LogP contribution is -2.30. The molecule has 7 heteroatoms. The molecule has 1 aliphatic rings. The van der Waals surface area contributed by atoms with Crippen LogP contribution in [-0.2, 0) is 0 Å². The molecule has 0 saturated heterocycles. The normalized spacial score (nSPS) is 17.4. The fraction of sp³-hybridized carbons (Fsp3) is 0.375. The van der Waals surface area contributed by atoms with Crippen LogP contribution < -0.4 is 11.1 Å². The third-order valence-corrected chi connectivity index (χ3v) is 1.98. The molecule has 0 radical (unpaired) electrons. The van der Waals surface area contributed by atoms with Crippen molar-refractivity contribution in [3.05, 3.63) is 23.1 Å². The van der Waals surface area contributed by atoms with Gasteiger partial charge < -0.3 is 16.2 Å². The summed E-state index contributed by atoms with van der Waals surface area (Å²) >= 11 is 4.47. The molecule has 0 unspecified atom stereocenters. The van der Waals surface area contributed by atoms with Crippen LogP contribution in [0.3, 0.4) is 0 Å². The van der Waals surface area contributed by atoms with Crippen LogP contribution >= 0.6 is 12.2 Å². The van der Waals surface area contributed by atoms with Crippen molar-refractivity contribution in [2.24, 2.45) is 5.73 Å². The summed E-state index contributed by atoms with van der Waals surface area (Å²) in [5.74, 6) is -0.171. The van der Waals surface area contributed by atoms with Crippen LogP contribution in [0.15, 0.2) is 23.1 Å². The van der Waals surface area contributed by atoms with Gasteiger partial charge in [-0.05, 0) is 24.7 Å². The van der Waals surface area contributed by atoms with Crippen LogP contribution in [0, 0.1) is 0 Å². The average molecular weight is 238 g/mol. The third kappa shape index (κ3) is 3.12. The van der Waals surface area contributed by atoms with Crippen molar-refractivity contribution >= 4 is 17.3 Å². The number of hydrogen-bond donors (Lipinski definition) is 3. The molecule has 0 saturated carbocycles. The van der Waals surface area contributed by atoms with Crippen molar-refractivity contribution in [3.8, 4) is 0 Å². The zero-order valence-electron chi connectivity index (χ0n) is 7.56. The lowest BCUT2D eigenvalue weighted by atomic mass is 10.0. The topological polar surface area (TPSA) is 58.3 Å². The van der Waals surface area contributed by atoms with Crippen molar-refractivity contribution in [1.29, 1.82) is 0 Å². The first-order valence-electron chi connectivity index (χ1n) is 4.07. The number of thiocarbonyl (C=S) groups is 1. The van der Waals surface area contributed by atoms with E-state index in [1.54, 1.807) is 0 Å². The van der Waals surface area contributed by atoms with Crippen LogP contribution in [0.2, 0.25) is 0 Å². The molecular weight excluding hydrogens is 229 g/mol. The van der Waals surface area contributed by atoms with E-state index in [2.05, 4.69) is 17.5 Å². The number of allylic oxidation sites excluding steroid dienone is 3. The van der Waals surface area contributed by atoms with Gasteiger partial charge in [0.05, 0.1) is 5.70 Å². The summed E-state index contributed by atoms with van der Waals surface area (Å²) in [5.41, 5.74) is 4.31. The van der Waals surface area contributed by atoms with E-state index >= 15 is 0 Å². The Morgan fingerprint density at radius 2 is 2.07 bits per heavy atom. The van der Waals surface area contributed by atoms with Gasteiger partial charge in [-0.1, -0.05) is 0 Å². The van der Waals surface area contributed by atoms with Gasteiger partial charge in [0.2, 0.25) is 0 Å². The first kappa shape index (κ1) is 11.8. The summed E-state index contributed by atoms with van der Waals surface area (Å²) < 4.78 is 36.9. The number of aliphatic hydroxyl groups is 1. The molecule has 0 spiro atoms. The molecule has 0 aliphatic heterocycles. The number of halogens is 3. The highest BCUT2D eigenvalue weighted by Gasteiger charge is 2.35. The number of aliphatic hydroxyl groups excluding tert-OH is 1. The van der Waals surface area contributed by atoms with Gasteiger partial charge in [-0.2, -0.15) is 13.2 Å². The Labute approximate surface area is 89.4 Å². The minimum Gasteiger partial charge on any atom is -0.510 e. The number of hydrogen-bond acceptors (Lipinski definition) is 2. The first-order chi connectivity index (χ1) is 6.80. The van der Waals surface area contributed by atoms with Gasteiger partial charge in [-0.3, -0.25) is 0 Å². The molecule has 0 aromatic heterocycles. The SMILES string of the molecule is NC(=S)NC1=C(O)CCC(C(F)(F)F)=C1. The summed E-state index contributed by atoms with van der Waals surface area (Å²) in [6, 6.07) is 0. The molecule has 0 atom stereocenters. The average Bonchev–Trinajstić information content (AvgIpc) is 2.06. The highest BCUT2D eigenvalue weighted by Crippen LogP contribution is 2.33. The summed E-state index contributed by atoms with van der Waals surface area (Å²) in [6.07, 6.45) is -3.88. The van der Waals surface area contributed by atoms with E-state index in [1.807, 2.05) is 0 Å². The minimum atomic E-state index is -4.39. The second-order valence-corrected chi connectivity index (χ2v) is 3.46. The Balaban J connectivity index is 2.94. The Bertz CT molecular complexity index is 346. The smallest absolute Gasteiger partial charge is 0.412 e. The molecule has 1 rings (SSSR count). The molecule has 3 nitrogen and oxygen atoms in total. The number of nitrogens with one attached hydrogen (secondary N) is 1. The Morgan fingerprint density at radius 3 is 2.53 bits per heavy atom. The largest absolute Gasteiger partial charge is 0.510 e. The quantitative estimate of drug-likeness (QED) is 0.610. The maximum Gasteiger partial charge on any atom is 0.412 e. The van der Waals surface area contributed by atoms with Crippen LogP contribution in [0.1, 0.15) is 12.8 Å². The van der Waals surface area contributed by atoms with Gasteiger partial charge in [0, 0.05) is 12.0 Å². The third-order valence-electron chi connectivity index (χ3n) is 1.88. The molecular formula is C8H9F3N2OS. The summed E-state index contributed by atoms with van der Waals surface area (Å²) in [7, 11) is 0. The van der Waals surface area contributed by atoms with Crippen molar-refractivity contribution in [1.82, 2.24) is 5.32 Å². The molecule has 15 heavy (non-hydrogen) atoms. The number of rotatable bonds is 1. The van der Waals surface area contributed by atoms with Crippen LogP contribution in [0.4, 0.5) is 13.2 Å². The molecule has 0 amide bonds. The fourth-order valence-electron chi connectivity index (χ4n) is 1.18. The van der Waals surface area contributed by atoms with Gasteiger partial charge in [0.15, 0.2) is 5.11 Å². The summed E-state index contributed by atoms with van der Waals surface area (Å²) in [6.45, 7) is 0. The van der Waals surface area contributed by atoms with Gasteiger partial charge in [0.25, 0.3) is 0 Å². The number of nitrogens with two attached hydrogens (primary N) is 1. The lowest BCUT2D eigenvalue weighted by molar-refractivity contribution is -0.0944. The predicted octanol–water partition coefficient (Wildman–Crippen LogP) is 1.87. The molecule has 1 aliphatic carbocycles. The zero-order chi connectivity index (χ0) is 11.6. The van der Waals surface area contributed by atoms with E-state index in [1.165, 1.54) is 0 Å². The van der Waals surface area contributed by atoms with E-state index in [9.17, 15) is 18.3 Å². The first-order valence-corrected chi connectivity index (χ1v) is 4.48. The fourth-order valence-corrected chi connectivity index (χ4v) is 1.29. The zero-order valence-corrected chi connectivity index (χ0v) is 8.37. The molecule has 4 N–H and O–H groups in total. The van der Waals surface area contributed by atoms with E-state index in [0.29, 0.717) is 0 Å². The Kier molecular flexibility index (Phi) is 3.23. The van der Waals surface area contributed by atoms with Crippen LogP contribution in [-0.4, -0.2) is 16.4 Å². The van der Waals surface area contributed by atoms with Gasteiger partial charge >= 0.3 is 6.18 Å². The summed E-state index contributed by atoms with van der Waals surface area (Å²) in [5, 5.41) is 11.4. The lowest BCUT2D eigenvalue weighted by Gasteiger charge is -2.19. The molecule has 0 aromatic rings. The second-order valence-electron chi connectivity index (χ2n) is 3.02. The second kappa shape index (κ2) is 4.09. The maximum absolute atomic E-state index is 12.3. The summed E-state index contributed by atoms with van der Waals surface area (Å²) in [4.78, 5) is 0. The van der Waals surface area contributed by atoms with Crippen LogP contribution in [0.25, 0.3) is 0 Å². The van der Waals surface area contributed by atoms with Crippen molar-refractivity contribution in [2.75, 3.05) is 0 Å². The van der Waals surface area contributed by atoms with Gasteiger partial charge in [0.1, 0.15) is 5.76 Å². The molecule has 0 aromatic carbocycles. The van der Waals surface area contributed by atoms with E-state index in [-0.39, 0.29) is 29.4 Å². The van der Waals surface area contributed by atoms with Crippen molar-refractivity contribution in [3.63, 3.8) is 0 Å². The van der Waals surface area contributed by atoms with E-state index in [4.69, 9.17) is 5.73 Å².